The fourth-order valence-electron chi connectivity index (χ4n) is 3.24. The lowest BCUT2D eigenvalue weighted by Gasteiger charge is -2.46. The van der Waals surface area contributed by atoms with Crippen LogP contribution in [0.5, 0.6) is 0 Å². The van der Waals surface area contributed by atoms with E-state index >= 15 is 0 Å². The number of aliphatic hydroxyl groups is 1. The molecule has 3 aromatic rings. The number of hydrogen-bond donors (Lipinski definition) is 3. The number of halogens is 4. The second-order valence-electron chi connectivity index (χ2n) is 7.23. The average Bonchev–Trinajstić information content (AvgIpc) is 2.75. The van der Waals surface area contributed by atoms with Gasteiger partial charge >= 0.3 is 0 Å². The number of rotatable bonds is 6. The van der Waals surface area contributed by atoms with Gasteiger partial charge in [0.05, 0.1) is 36.6 Å². The molecule has 8 nitrogen and oxygen atoms in total. The number of nitrogens with one attached hydrogen (secondary N) is 2. The molecule has 1 aromatic heterocycles. The summed E-state index contributed by atoms with van der Waals surface area (Å²) >= 11 is 1.91. The van der Waals surface area contributed by atoms with E-state index in [1.165, 1.54) is 29.7 Å². The monoisotopic (exact) mass is 556 g/mol. The molecule has 1 aliphatic rings. The minimum Gasteiger partial charge on any atom is -0.384 e. The molecule has 2 heterocycles. The van der Waals surface area contributed by atoms with Gasteiger partial charge in [-0.1, -0.05) is 0 Å². The normalized spacial score (nSPS) is 14.6. The minimum atomic E-state index is -1.30. The van der Waals surface area contributed by atoms with Gasteiger partial charge in [0.1, 0.15) is 24.1 Å². The Morgan fingerprint density at radius 3 is 2.53 bits per heavy atom. The SMILES string of the molecule is O=C(c1ccc(F)c(F)c1Nc1ccc(I)cc1F)N1CC(O)(CNc2ncncn2)C1. The maximum Gasteiger partial charge on any atom is 0.256 e. The number of hydrogen-bond acceptors (Lipinski definition) is 7. The molecule has 2 aromatic carbocycles. The number of carbonyl (C=O) groups excluding carboxylic acids is 1. The maximum absolute atomic E-state index is 14.6. The standard InChI is InChI=1S/C20H16F3IN6O2/c21-13-3-2-12(17(16(13)23)29-15-4-1-11(24)5-14(15)22)18(31)30-7-20(32,8-30)6-26-19-27-9-25-10-28-19/h1-5,9-10,29,32H,6-8H2,(H,25,26,27,28). The first kappa shape index (κ1) is 22.2. The predicted octanol–water partition coefficient (Wildman–Crippen LogP) is 2.94. The Labute approximate surface area is 194 Å². The molecule has 0 saturated carbocycles. The number of likely N-dealkylation sites (tertiary alicyclic amines) is 1. The van der Waals surface area contributed by atoms with E-state index in [0.717, 1.165) is 12.1 Å². The minimum absolute atomic E-state index is 0.0553. The smallest absolute Gasteiger partial charge is 0.256 e. The molecule has 166 valence electrons. The lowest BCUT2D eigenvalue weighted by Crippen LogP contribution is -2.66. The van der Waals surface area contributed by atoms with E-state index in [4.69, 9.17) is 0 Å². The van der Waals surface area contributed by atoms with Crippen LogP contribution in [0.15, 0.2) is 43.0 Å². The topological polar surface area (TPSA) is 103 Å². The van der Waals surface area contributed by atoms with Gasteiger partial charge in [-0.25, -0.2) is 28.1 Å². The number of amides is 1. The van der Waals surface area contributed by atoms with Crippen molar-refractivity contribution in [2.24, 2.45) is 0 Å². The molecule has 3 N–H and O–H groups in total. The van der Waals surface area contributed by atoms with Crippen molar-refractivity contribution in [1.29, 1.82) is 0 Å². The van der Waals surface area contributed by atoms with E-state index in [-0.39, 0.29) is 36.8 Å². The number of nitrogens with zero attached hydrogens (tertiary/aromatic N) is 4. The van der Waals surface area contributed by atoms with Gasteiger partial charge in [-0.3, -0.25) is 4.79 Å². The number of aromatic nitrogens is 3. The first-order valence-electron chi connectivity index (χ1n) is 9.33. The van der Waals surface area contributed by atoms with Crippen molar-refractivity contribution >= 4 is 45.8 Å². The van der Waals surface area contributed by atoms with Crippen LogP contribution in [0.4, 0.5) is 30.5 Å². The van der Waals surface area contributed by atoms with Gasteiger partial charge in [0.15, 0.2) is 11.6 Å². The van der Waals surface area contributed by atoms with Crippen LogP contribution in [-0.4, -0.2) is 56.1 Å². The van der Waals surface area contributed by atoms with Gasteiger partial charge in [0.25, 0.3) is 5.91 Å². The Morgan fingerprint density at radius 1 is 1.12 bits per heavy atom. The number of benzene rings is 2. The van der Waals surface area contributed by atoms with E-state index in [2.05, 4.69) is 25.6 Å². The van der Waals surface area contributed by atoms with E-state index < -0.39 is 34.6 Å². The zero-order chi connectivity index (χ0) is 22.9. The molecule has 1 amide bonds. The summed E-state index contributed by atoms with van der Waals surface area (Å²) in [4.78, 5) is 25.7. The highest BCUT2D eigenvalue weighted by molar-refractivity contribution is 14.1. The Hall–Kier alpha value is -3.00. The molecule has 0 radical (unpaired) electrons. The number of β-amino-alcohol motifs (C(OH)–C–C–N with tert-alkyl or cyclic N) is 1. The quantitative estimate of drug-likeness (QED) is 0.402. The van der Waals surface area contributed by atoms with Crippen LogP contribution >= 0.6 is 22.6 Å². The second kappa shape index (κ2) is 8.86. The molecule has 0 atom stereocenters. The molecule has 1 fully saturated rings. The summed E-state index contributed by atoms with van der Waals surface area (Å²) in [7, 11) is 0. The average molecular weight is 556 g/mol. The summed E-state index contributed by atoms with van der Waals surface area (Å²) in [6.45, 7) is -0.0436. The Balaban J connectivity index is 1.50. The number of carbonyl (C=O) groups is 1. The van der Waals surface area contributed by atoms with E-state index in [1.807, 2.05) is 22.6 Å². The first-order valence-corrected chi connectivity index (χ1v) is 10.4. The third-order valence-electron chi connectivity index (χ3n) is 4.84. The van der Waals surface area contributed by atoms with Crippen LogP contribution in [0, 0.1) is 21.0 Å². The molecule has 0 aliphatic carbocycles. The summed E-state index contributed by atoms with van der Waals surface area (Å²) in [6, 6.07) is 6.11. The highest BCUT2D eigenvalue weighted by atomic mass is 127. The fourth-order valence-corrected chi connectivity index (χ4v) is 3.69. The maximum atomic E-state index is 14.6. The largest absolute Gasteiger partial charge is 0.384 e. The molecule has 1 saturated heterocycles. The molecule has 0 unspecified atom stereocenters. The van der Waals surface area contributed by atoms with Gasteiger partial charge in [-0.05, 0) is 52.9 Å². The first-order chi connectivity index (χ1) is 15.3. The summed E-state index contributed by atoms with van der Waals surface area (Å²) in [5.74, 6) is -3.54. The third kappa shape index (κ3) is 4.60. The molecule has 4 rings (SSSR count). The van der Waals surface area contributed by atoms with Gasteiger partial charge in [0, 0.05) is 3.57 Å². The predicted molar refractivity (Wildman–Crippen MR) is 118 cm³/mol. The Bertz CT molecular complexity index is 1160. The van der Waals surface area contributed by atoms with Crippen LogP contribution in [0.3, 0.4) is 0 Å². The van der Waals surface area contributed by atoms with Crippen molar-refractivity contribution in [3.63, 3.8) is 0 Å². The van der Waals surface area contributed by atoms with Crippen LogP contribution in [-0.2, 0) is 0 Å². The molecule has 0 bridgehead atoms. The van der Waals surface area contributed by atoms with Gasteiger partial charge < -0.3 is 20.6 Å². The second-order valence-corrected chi connectivity index (χ2v) is 8.48. The summed E-state index contributed by atoms with van der Waals surface area (Å²) < 4.78 is 43.3. The van der Waals surface area contributed by atoms with Crippen molar-refractivity contribution in [2.75, 3.05) is 30.3 Å². The molecule has 1 aliphatic heterocycles. The van der Waals surface area contributed by atoms with Crippen LogP contribution in [0.2, 0.25) is 0 Å². The van der Waals surface area contributed by atoms with E-state index in [9.17, 15) is 23.1 Å². The Morgan fingerprint density at radius 2 is 1.84 bits per heavy atom. The van der Waals surface area contributed by atoms with Crippen molar-refractivity contribution < 1.29 is 23.1 Å². The van der Waals surface area contributed by atoms with Crippen molar-refractivity contribution in [3.8, 4) is 0 Å². The molecular weight excluding hydrogens is 540 g/mol. The molecule has 12 heteroatoms. The summed E-state index contributed by atoms with van der Waals surface area (Å²) in [6.07, 6.45) is 2.59. The van der Waals surface area contributed by atoms with Gasteiger partial charge in [-0.2, -0.15) is 0 Å². The highest BCUT2D eigenvalue weighted by Crippen LogP contribution is 2.31. The van der Waals surface area contributed by atoms with Crippen molar-refractivity contribution in [3.05, 3.63) is 69.6 Å². The van der Waals surface area contributed by atoms with E-state index in [0.29, 0.717) is 3.57 Å². The number of anilines is 3. The molecular formula is C20H16F3IN6O2. The fraction of sp³-hybridized carbons (Fsp3) is 0.200. The lowest BCUT2D eigenvalue weighted by atomic mass is 9.93. The van der Waals surface area contributed by atoms with Crippen LogP contribution in [0.1, 0.15) is 10.4 Å². The van der Waals surface area contributed by atoms with Gasteiger partial charge in [0.2, 0.25) is 5.95 Å². The van der Waals surface area contributed by atoms with E-state index in [1.54, 1.807) is 6.07 Å². The zero-order valence-electron chi connectivity index (χ0n) is 16.3. The van der Waals surface area contributed by atoms with Crippen molar-refractivity contribution in [2.45, 2.75) is 5.60 Å². The van der Waals surface area contributed by atoms with Crippen molar-refractivity contribution in [1.82, 2.24) is 19.9 Å². The van der Waals surface area contributed by atoms with Crippen LogP contribution in [0.25, 0.3) is 0 Å². The molecule has 32 heavy (non-hydrogen) atoms. The highest BCUT2D eigenvalue weighted by Gasteiger charge is 2.44. The zero-order valence-corrected chi connectivity index (χ0v) is 18.5. The lowest BCUT2D eigenvalue weighted by molar-refractivity contribution is -0.0707. The summed E-state index contributed by atoms with van der Waals surface area (Å²) in [5, 5.41) is 15.9. The summed E-state index contributed by atoms with van der Waals surface area (Å²) in [5.41, 5.74) is -2.02. The van der Waals surface area contributed by atoms with Gasteiger partial charge in [-0.15, -0.1) is 0 Å². The molecule has 0 spiro atoms. The third-order valence-corrected chi connectivity index (χ3v) is 5.51. The Kier molecular flexibility index (Phi) is 6.15. The van der Waals surface area contributed by atoms with Crippen LogP contribution < -0.4 is 10.6 Å².